The molecule has 0 saturated carbocycles. The van der Waals surface area contributed by atoms with Gasteiger partial charge in [-0.25, -0.2) is 0 Å². The molecule has 0 saturated heterocycles. The van der Waals surface area contributed by atoms with E-state index in [1.165, 1.54) is 27.8 Å². The van der Waals surface area contributed by atoms with Crippen LogP contribution in [0.4, 0.5) is 0 Å². The fraction of sp³-hybridized carbons (Fsp3) is 0.333. The third-order valence-corrected chi connectivity index (χ3v) is 5.84. The highest BCUT2D eigenvalue weighted by Gasteiger charge is 2.43. The van der Waals surface area contributed by atoms with Gasteiger partial charge in [0.15, 0.2) is 0 Å². The first-order chi connectivity index (χ1) is 12.6. The Kier molecular flexibility index (Phi) is 4.34. The van der Waals surface area contributed by atoms with Gasteiger partial charge in [0, 0.05) is 5.92 Å². The molecule has 2 aromatic rings. The van der Waals surface area contributed by atoms with Crippen molar-refractivity contribution in [2.45, 2.75) is 44.6 Å². The Bertz CT molecular complexity index is 914. The van der Waals surface area contributed by atoms with Crippen molar-refractivity contribution in [1.82, 2.24) is 0 Å². The van der Waals surface area contributed by atoms with Crippen LogP contribution in [0.1, 0.15) is 42.9 Å². The van der Waals surface area contributed by atoms with Gasteiger partial charge in [0.2, 0.25) is 0 Å². The number of fused-ring (bicyclic) bond motifs is 2. The van der Waals surface area contributed by atoms with Gasteiger partial charge in [-0.2, -0.15) is 0 Å². The highest BCUT2D eigenvalue weighted by molar-refractivity contribution is 5.75. The van der Waals surface area contributed by atoms with E-state index >= 15 is 0 Å². The van der Waals surface area contributed by atoms with Crippen LogP contribution < -0.4 is 0 Å². The van der Waals surface area contributed by atoms with Gasteiger partial charge in [0.25, 0.3) is 0 Å². The van der Waals surface area contributed by atoms with E-state index < -0.39 is 5.60 Å². The molecule has 2 aliphatic rings. The maximum Gasteiger partial charge on any atom is 0.132 e. The van der Waals surface area contributed by atoms with Crippen LogP contribution >= 0.6 is 0 Å². The first kappa shape index (κ1) is 16.9. The summed E-state index contributed by atoms with van der Waals surface area (Å²) < 4.78 is 0. The number of hydrogen-bond donors (Lipinski definition) is 2. The minimum atomic E-state index is -0.960. The summed E-state index contributed by atoms with van der Waals surface area (Å²) in [6, 6.07) is 16.1. The molecule has 2 unspecified atom stereocenters. The van der Waals surface area contributed by atoms with E-state index in [4.69, 9.17) is 0 Å². The molecule has 2 heteroatoms. The number of allylic oxidation sites excluding steroid dienone is 1. The Labute approximate surface area is 155 Å². The van der Waals surface area contributed by atoms with E-state index in [2.05, 4.69) is 36.1 Å². The smallest absolute Gasteiger partial charge is 0.132 e. The van der Waals surface area contributed by atoms with Crippen LogP contribution in [0.2, 0.25) is 0 Å². The molecular weight excluding hydrogens is 320 g/mol. The lowest BCUT2D eigenvalue weighted by Crippen LogP contribution is -2.42. The molecule has 2 aliphatic carbocycles. The van der Waals surface area contributed by atoms with Crippen LogP contribution in [-0.2, 0) is 12.8 Å². The first-order valence-electron chi connectivity index (χ1n) is 9.35. The Hall–Kier alpha value is -2.50. The van der Waals surface area contributed by atoms with E-state index in [-0.39, 0.29) is 5.92 Å². The third-order valence-electron chi connectivity index (χ3n) is 5.84. The molecule has 132 valence electrons. The topological polar surface area (TPSA) is 40.5 Å². The maximum atomic E-state index is 11.4. The van der Waals surface area contributed by atoms with Crippen LogP contribution in [-0.4, -0.2) is 15.8 Å². The standard InChI is InChI=1S/C24H24O2/c1-2-13-24(26)14-12-21-20-11-9-19(25)16-18(20)8-10-22(21)23(24)15-17-6-4-3-5-7-17/h3-7,9,11,16,23,25-26H,8,10,12,14-15H2,1H3. The van der Waals surface area contributed by atoms with Crippen molar-refractivity contribution < 1.29 is 10.2 Å². The number of aliphatic hydroxyl groups is 1. The number of aryl methyl sites for hydroxylation is 1. The summed E-state index contributed by atoms with van der Waals surface area (Å²) in [6.45, 7) is 1.81. The summed E-state index contributed by atoms with van der Waals surface area (Å²) in [6.07, 6.45) is 4.13. The second-order valence-corrected chi connectivity index (χ2v) is 7.39. The van der Waals surface area contributed by atoms with E-state index in [9.17, 15) is 10.2 Å². The number of phenolic OH excluding ortho intramolecular Hbond substituents is 1. The SMILES string of the molecule is CC#CC1(O)CCC2=C(CCc3cc(O)ccc32)C1Cc1ccccc1. The average Bonchev–Trinajstić information content (AvgIpc) is 2.64. The summed E-state index contributed by atoms with van der Waals surface area (Å²) >= 11 is 0. The third kappa shape index (κ3) is 2.93. The van der Waals surface area contributed by atoms with Gasteiger partial charge in [0.1, 0.15) is 11.4 Å². The van der Waals surface area contributed by atoms with Gasteiger partial charge in [-0.3, -0.25) is 0 Å². The predicted octanol–water partition coefficient (Wildman–Crippen LogP) is 4.50. The van der Waals surface area contributed by atoms with Gasteiger partial charge in [-0.15, -0.1) is 5.92 Å². The molecule has 2 atom stereocenters. The molecule has 4 rings (SSSR count). The molecule has 0 amide bonds. The molecule has 2 aromatic carbocycles. The monoisotopic (exact) mass is 344 g/mol. The normalized spacial score (nSPS) is 24.3. The Morgan fingerprint density at radius 1 is 1.08 bits per heavy atom. The number of aromatic hydroxyl groups is 1. The summed E-state index contributed by atoms with van der Waals surface area (Å²) in [5, 5.41) is 21.2. The van der Waals surface area contributed by atoms with Gasteiger partial charge >= 0.3 is 0 Å². The van der Waals surface area contributed by atoms with Crippen molar-refractivity contribution in [3.8, 4) is 17.6 Å². The zero-order valence-corrected chi connectivity index (χ0v) is 15.1. The van der Waals surface area contributed by atoms with Crippen molar-refractivity contribution in [2.75, 3.05) is 0 Å². The number of rotatable bonds is 2. The van der Waals surface area contributed by atoms with Crippen LogP contribution in [0.5, 0.6) is 5.75 Å². The predicted molar refractivity (Wildman–Crippen MR) is 105 cm³/mol. The molecule has 0 heterocycles. The van der Waals surface area contributed by atoms with E-state index in [1.54, 1.807) is 13.0 Å². The van der Waals surface area contributed by atoms with Crippen molar-refractivity contribution in [1.29, 1.82) is 0 Å². The summed E-state index contributed by atoms with van der Waals surface area (Å²) in [5.74, 6) is 6.44. The maximum absolute atomic E-state index is 11.4. The summed E-state index contributed by atoms with van der Waals surface area (Å²) in [5.41, 5.74) is 5.44. The summed E-state index contributed by atoms with van der Waals surface area (Å²) in [4.78, 5) is 0. The lowest BCUT2D eigenvalue weighted by Gasteiger charge is -2.42. The van der Waals surface area contributed by atoms with Gasteiger partial charge in [-0.1, -0.05) is 47.9 Å². The largest absolute Gasteiger partial charge is 0.508 e. The number of phenols is 1. The van der Waals surface area contributed by atoms with Crippen molar-refractivity contribution in [3.05, 3.63) is 70.8 Å². The van der Waals surface area contributed by atoms with E-state index in [0.717, 1.165) is 25.7 Å². The fourth-order valence-corrected chi connectivity index (χ4v) is 4.64. The van der Waals surface area contributed by atoms with E-state index in [0.29, 0.717) is 12.2 Å². The van der Waals surface area contributed by atoms with E-state index in [1.807, 2.05) is 18.2 Å². The second kappa shape index (κ2) is 6.67. The minimum absolute atomic E-state index is 0.0167. The molecular formula is C24H24O2. The first-order valence-corrected chi connectivity index (χ1v) is 9.35. The minimum Gasteiger partial charge on any atom is -0.508 e. The zero-order valence-electron chi connectivity index (χ0n) is 15.1. The molecule has 2 nitrogen and oxygen atoms in total. The van der Waals surface area contributed by atoms with Crippen molar-refractivity contribution >= 4 is 5.57 Å². The molecule has 0 aliphatic heterocycles. The number of hydrogen-bond acceptors (Lipinski definition) is 2. The quantitative estimate of drug-likeness (QED) is 0.788. The van der Waals surface area contributed by atoms with Gasteiger partial charge in [-0.05, 0) is 73.4 Å². The number of benzene rings is 2. The van der Waals surface area contributed by atoms with Crippen molar-refractivity contribution in [3.63, 3.8) is 0 Å². The molecule has 26 heavy (non-hydrogen) atoms. The average molecular weight is 344 g/mol. The molecule has 2 N–H and O–H groups in total. The second-order valence-electron chi connectivity index (χ2n) is 7.39. The molecule has 0 aromatic heterocycles. The Morgan fingerprint density at radius 3 is 2.65 bits per heavy atom. The lowest BCUT2D eigenvalue weighted by atomic mass is 9.65. The molecule has 0 radical (unpaired) electrons. The molecule has 0 fully saturated rings. The van der Waals surface area contributed by atoms with Gasteiger partial charge < -0.3 is 10.2 Å². The van der Waals surface area contributed by atoms with Crippen LogP contribution in [0.15, 0.2) is 54.1 Å². The zero-order chi connectivity index (χ0) is 18.1. The highest BCUT2D eigenvalue weighted by Crippen LogP contribution is 2.48. The van der Waals surface area contributed by atoms with Gasteiger partial charge in [0.05, 0.1) is 0 Å². The molecule has 0 bridgehead atoms. The Balaban J connectivity index is 1.81. The fourth-order valence-electron chi connectivity index (χ4n) is 4.64. The lowest BCUT2D eigenvalue weighted by molar-refractivity contribution is 0.0392. The van der Waals surface area contributed by atoms with Crippen LogP contribution in [0, 0.1) is 17.8 Å². The van der Waals surface area contributed by atoms with Crippen LogP contribution in [0.3, 0.4) is 0 Å². The van der Waals surface area contributed by atoms with Crippen LogP contribution in [0.25, 0.3) is 5.57 Å². The summed E-state index contributed by atoms with van der Waals surface area (Å²) in [7, 11) is 0. The Morgan fingerprint density at radius 2 is 1.88 bits per heavy atom. The highest BCUT2D eigenvalue weighted by atomic mass is 16.3. The molecule has 0 spiro atoms. The van der Waals surface area contributed by atoms with Crippen molar-refractivity contribution in [2.24, 2.45) is 5.92 Å².